The molecule has 0 aliphatic carbocycles. The van der Waals surface area contributed by atoms with E-state index in [2.05, 4.69) is 0 Å². The molecule has 1 N–H and O–H groups in total. The number of hydrogen-bond donors (Lipinski definition) is 1. The highest BCUT2D eigenvalue weighted by Gasteiger charge is 2.23. The van der Waals surface area contributed by atoms with Crippen molar-refractivity contribution < 1.29 is 19.1 Å². The van der Waals surface area contributed by atoms with Gasteiger partial charge < -0.3 is 14.4 Å². The fraction of sp³-hybridized carbons (Fsp3) is 0.538. The van der Waals surface area contributed by atoms with Gasteiger partial charge in [0.2, 0.25) is 0 Å². The van der Waals surface area contributed by atoms with Crippen LogP contribution in [0.15, 0.2) is 16.7 Å². The minimum absolute atomic E-state index is 0.115. The summed E-state index contributed by atoms with van der Waals surface area (Å²) in [5, 5.41) is 8.83. The summed E-state index contributed by atoms with van der Waals surface area (Å²) < 4.78 is 5.29. The van der Waals surface area contributed by atoms with E-state index in [1.165, 1.54) is 11.2 Å². The van der Waals surface area contributed by atoms with Crippen LogP contribution in [0.1, 0.15) is 42.8 Å². The first-order valence-electron chi connectivity index (χ1n) is 5.90. The first-order chi connectivity index (χ1) is 8.34. The lowest BCUT2D eigenvalue weighted by Crippen LogP contribution is -2.34. The first-order valence-corrected chi connectivity index (χ1v) is 5.90. The number of carbonyl (C=O) groups is 2. The fourth-order valence-corrected chi connectivity index (χ4v) is 1.72. The van der Waals surface area contributed by atoms with Gasteiger partial charge in [0.15, 0.2) is 0 Å². The molecule has 5 nitrogen and oxygen atoms in total. The number of carboxylic acids is 1. The average molecular weight is 253 g/mol. The number of hydrogen-bond acceptors (Lipinski definition) is 3. The van der Waals surface area contributed by atoms with Gasteiger partial charge in [-0.2, -0.15) is 0 Å². The molecule has 0 radical (unpaired) electrons. The van der Waals surface area contributed by atoms with Crippen molar-refractivity contribution in [2.24, 2.45) is 5.92 Å². The number of aliphatic carboxylic acids is 1. The van der Waals surface area contributed by atoms with Crippen molar-refractivity contribution in [2.75, 3.05) is 13.6 Å². The molecule has 1 unspecified atom stereocenters. The zero-order valence-electron chi connectivity index (χ0n) is 11.1. The second-order valence-electron chi connectivity index (χ2n) is 4.78. The van der Waals surface area contributed by atoms with E-state index < -0.39 is 11.9 Å². The molecule has 0 aliphatic rings. The van der Waals surface area contributed by atoms with Crippen molar-refractivity contribution in [1.82, 2.24) is 4.90 Å². The summed E-state index contributed by atoms with van der Waals surface area (Å²) in [6.45, 7) is 5.63. The van der Waals surface area contributed by atoms with Crippen LogP contribution in [0, 0.1) is 5.92 Å². The minimum atomic E-state index is -0.911. The third-order valence-electron chi connectivity index (χ3n) is 2.77. The Morgan fingerprint density at radius 2 is 2.00 bits per heavy atom. The van der Waals surface area contributed by atoms with Crippen LogP contribution in [0.2, 0.25) is 0 Å². The lowest BCUT2D eigenvalue weighted by atomic mass is 10.1. The maximum atomic E-state index is 12.2. The van der Waals surface area contributed by atoms with Gasteiger partial charge in [-0.1, -0.05) is 20.8 Å². The predicted molar refractivity (Wildman–Crippen MR) is 66.6 cm³/mol. The summed E-state index contributed by atoms with van der Waals surface area (Å²) in [6.07, 6.45) is 1.48. The van der Waals surface area contributed by atoms with E-state index in [1.807, 2.05) is 13.8 Å². The Hall–Kier alpha value is -1.78. The fourth-order valence-electron chi connectivity index (χ4n) is 1.72. The summed E-state index contributed by atoms with van der Waals surface area (Å²) in [5.41, 5.74) is 0.505. The summed E-state index contributed by atoms with van der Waals surface area (Å²) in [7, 11) is 1.60. The van der Waals surface area contributed by atoms with E-state index in [-0.39, 0.29) is 18.4 Å². The van der Waals surface area contributed by atoms with Gasteiger partial charge in [0.1, 0.15) is 5.76 Å². The van der Waals surface area contributed by atoms with Crippen LogP contribution < -0.4 is 0 Å². The molecule has 100 valence electrons. The lowest BCUT2D eigenvalue weighted by Gasteiger charge is -2.19. The molecule has 1 amide bonds. The lowest BCUT2D eigenvalue weighted by molar-refractivity contribution is -0.141. The second-order valence-corrected chi connectivity index (χ2v) is 4.78. The van der Waals surface area contributed by atoms with Crippen LogP contribution >= 0.6 is 0 Å². The number of amides is 1. The van der Waals surface area contributed by atoms with Crippen molar-refractivity contribution in [2.45, 2.75) is 26.7 Å². The molecule has 1 aromatic heterocycles. The van der Waals surface area contributed by atoms with E-state index in [1.54, 1.807) is 20.0 Å². The zero-order chi connectivity index (χ0) is 13.9. The minimum Gasteiger partial charge on any atom is -0.481 e. The van der Waals surface area contributed by atoms with E-state index >= 15 is 0 Å². The van der Waals surface area contributed by atoms with Crippen LogP contribution in [-0.2, 0) is 4.79 Å². The highest BCUT2D eigenvalue weighted by molar-refractivity contribution is 5.95. The standard InChI is InChI=1S/C13H19NO4/c1-8(2)11-10(5-6-18-11)12(15)14(4)7-9(3)13(16)17/h5-6,8-9H,7H2,1-4H3,(H,16,17). The Morgan fingerprint density at radius 1 is 1.39 bits per heavy atom. The molecule has 0 aromatic carbocycles. The van der Waals surface area contributed by atoms with Gasteiger partial charge in [-0.3, -0.25) is 9.59 Å². The van der Waals surface area contributed by atoms with Crippen molar-refractivity contribution in [3.8, 4) is 0 Å². The monoisotopic (exact) mass is 253 g/mol. The molecule has 1 heterocycles. The summed E-state index contributed by atoms with van der Waals surface area (Å²) in [4.78, 5) is 24.3. The molecule has 18 heavy (non-hydrogen) atoms. The molecule has 1 aromatic rings. The van der Waals surface area contributed by atoms with Crippen molar-refractivity contribution in [3.05, 3.63) is 23.7 Å². The van der Waals surface area contributed by atoms with Crippen LogP contribution in [0.25, 0.3) is 0 Å². The third kappa shape index (κ3) is 3.12. The molecular weight excluding hydrogens is 234 g/mol. The van der Waals surface area contributed by atoms with Gasteiger partial charge >= 0.3 is 5.97 Å². The summed E-state index contributed by atoms with van der Waals surface area (Å²) in [6, 6.07) is 1.62. The Labute approximate surface area is 106 Å². The quantitative estimate of drug-likeness (QED) is 0.873. The molecule has 0 saturated carbocycles. The molecule has 0 saturated heterocycles. The summed E-state index contributed by atoms with van der Waals surface area (Å²) in [5.74, 6) is -0.959. The van der Waals surface area contributed by atoms with Crippen molar-refractivity contribution in [3.63, 3.8) is 0 Å². The molecule has 0 bridgehead atoms. The van der Waals surface area contributed by atoms with Gasteiger partial charge in [-0.05, 0) is 6.07 Å². The average Bonchev–Trinajstić information content (AvgIpc) is 2.76. The van der Waals surface area contributed by atoms with Gasteiger partial charge in [0.25, 0.3) is 5.91 Å². The SMILES string of the molecule is CC(CN(C)C(=O)c1ccoc1C(C)C)C(=O)O. The topological polar surface area (TPSA) is 70.8 Å². The number of nitrogens with zero attached hydrogens (tertiary/aromatic N) is 1. The maximum Gasteiger partial charge on any atom is 0.308 e. The number of carbonyl (C=O) groups excluding carboxylic acids is 1. The predicted octanol–water partition coefficient (Wildman–Crippen LogP) is 2.20. The Balaban J connectivity index is 2.80. The van der Waals surface area contributed by atoms with Gasteiger partial charge in [-0.15, -0.1) is 0 Å². The normalized spacial score (nSPS) is 12.5. The van der Waals surface area contributed by atoms with Gasteiger partial charge in [0.05, 0.1) is 17.7 Å². The number of furan rings is 1. The smallest absolute Gasteiger partial charge is 0.308 e. The van der Waals surface area contributed by atoms with E-state index in [9.17, 15) is 9.59 Å². The molecule has 0 aliphatic heterocycles. The summed E-state index contributed by atoms with van der Waals surface area (Å²) >= 11 is 0. The van der Waals surface area contributed by atoms with Gasteiger partial charge in [0, 0.05) is 19.5 Å². The van der Waals surface area contributed by atoms with Crippen LogP contribution in [-0.4, -0.2) is 35.5 Å². The van der Waals surface area contributed by atoms with E-state index in [0.717, 1.165) is 0 Å². The highest BCUT2D eigenvalue weighted by atomic mass is 16.4. The molecule has 1 rings (SSSR count). The molecular formula is C13H19NO4. The zero-order valence-corrected chi connectivity index (χ0v) is 11.1. The Bertz CT molecular complexity index is 436. The third-order valence-corrected chi connectivity index (χ3v) is 2.77. The second kappa shape index (κ2) is 5.71. The molecule has 0 fully saturated rings. The van der Waals surface area contributed by atoms with Crippen molar-refractivity contribution >= 4 is 11.9 Å². The van der Waals surface area contributed by atoms with E-state index in [0.29, 0.717) is 11.3 Å². The highest BCUT2D eigenvalue weighted by Crippen LogP contribution is 2.21. The van der Waals surface area contributed by atoms with Crippen molar-refractivity contribution in [1.29, 1.82) is 0 Å². The van der Waals surface area contributed by atoms with E-state index in [4.69, 9.17) is 9.52 Å². The maximum absolute atomic E-state index is 12.2. The molecule has 1 atom stereocenters. The Morgan fingerprint density at radius 3 is 2.50 bits per heavy atom. The Kier molecular flexibility index (Phi) is 4.53. The van der Waals surface area contributed by atoms with Crippen LogP contribution in [0.4, 0.5) is 0 Å². The molecule has 5 heteroatoms. The number of rotatable bonds is 5. The number of carboxylic acid groups (broad SMARTS) is 1. The largest absolute Gasteiger partial charge is 0.481 e. The van der Waals surface area contributed by atoms with Crippen LogP contribution in [0.5, 0.6) is 0 Å². The molecule has 0 spiro atoms. The first kappa shape index (κ1) is 14.3. The van der Waals surface area contributed by atoms with Gasteiger partial charge in [-0.25, -0.2) is 0 Å². The van der Waals surface area contributed by atoms with Crippen LogP contribution in [0.3, 0.4) is 0 Å².